The molecule has 0 radical (unpaired) electrons. The van der Waals surface area contributed by atoms with Gasteiger partial charge in [-0.1, -0.05) is 0 Å². The van der Waals surface area contributed by atoms with Crippen molar-refractivity contribution in [1.82, 2.24) is 9.97 Å². The Balaban J connectivity index is 2.34. The van der Waals surface area contributed by atoms with Crippen molar-refractivity contribution >= 4 is 12.0 Å². The molecule has 0 saturated heterocycles. The summed E-state index contributed by atoms with van der Waals surface area (Å²) in [6.07, 6.45) is 2.00. The van der Waals surface area contributed by atoms with E-state index in [2.05, 4.69) is 23.0 Å². The molecule has 0 aliphatic carbocycles. The number of aromatic amines is 2. The number of aromatic nitrogens is 2. The molecule has 5 nitrogen and oxygen atoms in total. The fourth-order valence-electron chi connectivity index (χ4n) is 2.89. The third-order valence-electron chi connectivity index (χ3n) is 4.14. The molecular weight excluding hydrogens is 316 g/mol. The molecule has 128 valence electrons. The first kappa shape index (κ1) is 16.7. The van der Waals surface area contributed by atoms with Crippen LogP contribution in [0.5, 0.6) is 11.5 Å². The van der Waals surface area contributed by atoms with Crippen LogP contribution in [0.1, 0.15) is 17.0 Å². The molecule has 0 bridgehead atoms. The number of benzene rings is 1. The van der Waals surface area contributed by atoms with E-state index in [9.17, 15) is 4.79 Å². The van der Waals surface area contributed by atoms with Crippen molar-refractivity contribution in [3.8, 4) is 11.5 Å². The summed E-state index contributed by atoms with van der Waals surface area (Å²) >= 11 is 0. The molecule has 0 aliphatic rings. The first-order chi connectivity index (χ1) is 12.0. The second kappa shape index (κ2) is 6.75. The summed E-state index contributed by atoms with van der Waals surface area (Å²) in [5.74, 6) is 3.29. The van der Waals surface area contributed by atoms with Crippen molar-refractivity contribution < 1.29 is 14.3 Å². The van der Waals surface area contributed by atoms with E-state index >= 15 is 0 Å². The summed E-state index contributed by atoms with van der Waals surface area (Å²) in [5.41, 5.74) is 3.27. The van der Waals surface area contributed by atoms with Gasteiger partial charge in [-0.05, 0) is 49.8 Å². The Morgan fingerprint density at radius 1 is 1.04 bits per heavy atom. The van der Waals surface area contributed by atoms with E-state index in [0.29, 0.717) is 16.7 Å². The molecule has 2 N–H and O–H groups in total. The number of H-pyrrole nitrogens is 2. The first-order valence-electron chi connectivity index (χ1n) is 7.90. The van der Waals surface area contributed by atoms with E-state index in [0.717, 1.165) is 32.9 Å². The van der Waals surface area contributed by atoms with Crippen molar-refractivity contribution in [2.45, 2.75) is 13.8 Å². The number of rotatable bonds is 3. The van der Waals surface area contributed by atoms with Crippen LogP contribution in [0.25, 0.3) is 6.08 Å². The molecule has 0 amide bonds. The quantitative estimate of drug-likeness (QED) is 0.763. The summed E-state index contributed by atoms with van der Waals surface area (Å²) in [6.45, 7) is 4.07. The molecule has 2 heterocycles. The third-order valence-corrected chi connectivity index (χ3v) is 4.14. The monoisotopic (exact) mass is 336 g/mol. The minimum Gasteiger partial charge on any atom is -0.497 e. The first-order valence-corrected chi connectivity index (χ1v) is 7.90. The lowest BCUT2D eigenvalue weighted by atomic mass is 10.2. The molecule has 3 rings (SSSR count). The molecule has 3 aromatic rings. The van der Waals surface area contributed by atoms with Gasteiger partial charge in [0.05, 0.1) is 30.1 Å². The van der Waals surface area contributed by atoms with Crippen LogP contribution in [0.4, 0.5) is 0 Å². The minimum atomic E-state index is 0.432. The Labute approximate surface area is 144 Å². The summed E-state index contributed by atoms with van der Waals surface area (Å²) in [6, 6.07) is 9.27. The van der Waals surface area contributed by atoms with E-state index in [1.165, 1.54) is 0 Å². The number of methoxy groups -OCH3 is 2. The van der Waals surface area contributed by atoms with E-state index in [-0.39, 0.29) is 0 Å². The summed E-state index contributed by atoms with van der Waals surface area (Å²) in [4.78, 5) is 18.0. The second-order valence-corrected chi connectivity index (χ2v) is 5.87. The predicted octanol–water partition coefficient (Wildman–Crippen LogP) is 1.60. The van der Waals surface area contributed by atoms with Gasteiger partial charge in [-0.15, -0.1) is 0 Å². The Bertz CT molecular complexity index is 1150. The van der Waals surface area contributed by atoms with E-state index in [1.54, 1.807) is 20.3 Å². The maximum Gasteiger partial charge on any atom is 0.144 e. The number of hydrogen-bond donors (Lipinski definition) is 2. The van der Waals surface area contributed by atoms with Gasteiger partial charge < -0.3 is 19.4 Å². The normalized spacial score (nSPS) is 12.9. The molecule has 0 unspecified atom stereocenters. The average molecular weight is 336 g/mol. The van der Waals surface area contributed by atoms with E-state index in [1.807, 2.05) is 37.1 Å². The number of nitrogens with one attached hydrogen (secondary N) is 2. The maximum atomic E-state index is 11.3. The molecule has 5 heteroatoms. The predicted molar refractivity (Wildman–Crippen MR) is 95.9 cm³/mol. The van der Waals surface area contributed by atoms with Gasteiger partial charge in [0.1, 0.15) is 17.4 Å². The zero-order valence-electron chi connectivity index (χ0n) is 14.7. The van der Waals surface area contributed by atoms with Crippen LogP contribution < -0.4 is 20.0 Å². The van der Waals surface area contributed by atoms with E-state index in [4.69, 9.17) is 9.47 Å². The van der Waals surface area contributed by atoms with Gasteiger partial charge in [0.2, 0.25) is 0 Å². The van der Waals surface area contributed by atoms with Crippen molar-refractivity contribution in [2.24, 2.45) is 0 Å². The molecule has 25 heavy (non-hydrogen) atoms. The zero-order chi connectivity index (χ0) is 18.0. The zero-order valence-corrected chi connectivity index (χ0v) is 14.7. The fraction of sp³-hybridized carbons (Fsp3) is 0.200. The lowest BCUT2D eigenvalue weighted by Gasteiger charge is -1.96. The van der Waals surface area contributed by atoms with Gasteiger partial charge >= 0.3 is 0 Å². The summed E-state index contributed by atoms with van der Waals surface area (Å²) in [5, 5.41) is 2.79. The molecule has 2 aromatic heterocycles. The van der Waals surface area contributed by atoms with Crippen molar-refractivity contribution in [3.05, 3.63) is 68.4 Å². The number of ether oxygens (including phenoxy) is 2. The lowest BCUT2D eigenvalue weighted by molar-refractivity contribution is 0.412. The lowest BCUT2D eigenvalue weighted by Crippen LogP contribution is -2.08. The molecule has 0 atom stereocenters. The molecular formula is C20H20N2O3. The Morgan fingerprint density at radius 2 is 1.84 bits per heavy atom. The van der Waals surface area contributed by atoms with Gasteiger partial charge in [0, 0.05) is 22.7 Å². The average Bonchev–Trinajstić information content (AvgIpc) is 3.16. The summed E-state index contributed by atoms with van der Waals surface area (Å²) in [7, 11) is 3.19. The fourth-order valence-corrected chi connectivity index (χ4v) is 2.89. The number of aryl methyl sites for hydroxylation is 2. The second-order valence-electron chi connectivity index (χ2n) is 5.87. The van der Waals surface area contributed by atoms with Crippen LogP contribution >= 0.6 is 0 Å². The minimum absolute atomic E-state index is 0.432. The Hall–Kier alpha value is -3.17. The van der Waals surface area contributed by atoms with Crippen LogP contribution in [0.3, 0.4) is 0 Å². The Kier molecular flexibility index (Phi) is 4.50. The highest BCUT2D eigenvalue weighted by Crippen LogP contribution is 2.11. The van der Waals surface area contributed by atoms with Crippen LogP contribution in [0, 0.1) is 24.4 Å². The molecule has 0 fully saturated rings. The summed E-state index contributed by atoms with van der Waals surface area (Å²) < 4.78 is 10.7. The van der Waals surface area contributed by atoms with Gasteiger partial charge in [-0.3, -0.25) is 0 Å². The SMILES string of the molecule is COc1cc/c(=c2\cc(OC)c(=Cc3[nH]c(C)cc3C)[nH]2)c(=C=O)c1. The van der Waals surface area contributed by atoms with Crippen molar-refractivity contribution in [1.29, 1.82) is 0 Å². The topological polar surface area (TPSA) is 67.1 Å². The highest BCUT2D eigenvalue weighted by atomic mass is 16.5. The Morgan fingerprint density at radius 3 is 2.44 bits per heavy atom. The van der Waals surface area contributed by atoms with Crippen molar-refractivity contribution in [2.75, 3.05) is 14.2 Å². The van der Waals surface area contributed by atoms with Crippen LogP contribution in [-0.2, 0) is 4.79 Å². The van der Waals surface area contributed by atoms with Crippen LogP contribution in [0.2, 0.25) is 0 Å². The smallest absolute Gasteiger partial charge is 0.144 e. The van der Waals surface area contributed by atoms with Crippen LogP contribution in [-0.4, -0.2) is 30.1 Å². The third kappa shape index (κ3) is 3.23. The number of hydrogen-bond acceptors (Lipinski definition) is 3. The van der Waals surface area contributed by atoms with Crippen LogP contribution in [0.15, 0.2) is 30.3 Å². The highest BCUT2D eigenvalue weighted by Gasteiger charge is 2.03. The van der Waals surface area contributed by atoms with Gasteiger partial charge in [0.25, 0.3) is 0 Å². The maximum absolute atomic E-state index is 11.3. The number of carbonyl (C=O) groups excluding carboxylic acids is 1. The largest absolute Gasteiger partial charge is 0.497 e. The van der Waals surface area contributed by atoms with Gasteiger partial charge in [0.15, 0.2) is 0 Å². The van der Waals surface area contributed by atoms with E-state index < -0.39 is 0 Å². The van der Waals surface area contributed by atoms with Gasteiger partial charge in [-0.25, -0.2) is 4.79 Å². The van der Waals surface area contributed by atoms with Crippen molar-refractivity contribution in [3.63, 3.8) is 0 Å². The molecule has 0 aliphatic heterocycles. The molecule has 0 saturated carbocycles. The van der Waals surface area contributed by atoms with Gasteiger partial charge in [-0.2, -0.15) is 0 Å². The molecule has 1 aromatic carbocycles. The highest BCUT2D eigenvalue weighted by molar-refractivity contribution is 5.52. The molecule has 0 spiro atoms. The standard InChI is InChI=1S/C20H20N2O3/c1-12-7-13(2)21-17(12)9-19-20(25-4)10-18(22-19)16-6-5-15(24-3)8-14(16)11-23/h5-10,21-22H,1-4H3/b18-16-,19-9?.